The average molecular weight is 242 g/mol. The Labute approximate surface area is 105 Å². The highest BCUT2D eigenvalue weighted by Crippen LogP contribution is 2.16. The number of nitrogens with one attached hydrogen (secondary N) is 1. The van der Waals surface area contributed by atoms with Crippen molar-refractivity contribution < 1.29 is 9.47 Å². The Kier molecular flexibility index (Phi) is 4.79. The van der Waals surface area contributed by atoms with Crippen molar-refractivity contribution in [2.24, 2.45) is 5.92 Å². The van der Waals surface area contributed by atoms with Crippen molar-refractivity contribution >= 4 is 0 Å². The van der Waals surface area contributed by atoms with Gasteiger partial charge in [-0.05, 0) is 26.2 Å². The van der Waals surface area contributed by atoms with Crippen molar-refractivity contribution in [3.8, 4) is 0 Å². The summed E-state index contributed by atoms with van der Waals surface area (Å²) in [6.45, 7) is 12.5. The van der Waals surface area contributed by atoms with Gasteiger partial charge in [-0.3, -0.25) is 4.90 Å². The van der Waals surface area contributed by atoms with Crippen molar-refractivity contribution in [1.29, 1.82) is 0 Å². The van der Waals surface area contributed by atoms with Gasteiger partial charge in [0.15, 0.2) is 0 Å². The van der Waals surface area contributed by atoms with Crippen LogP contribution in [-0.4, -0.2) is 63.0 Å². The minimum atomic E-state index is 0.225. The first-order chi connectivity index (χ1) is 8.18. The molecule has 0 spiro atoms. The second-order valence-corrected chi connectivity index (χ2v) is 5.77. The van der Waals surface area contributed by atoms with E-state index >= 15 is 0 Å². The molecule has 17 heavy (non-hydrogen) atoms. The molecular formula is C13H26N2O2. The largest absolute Gasteiger partial charge is 0.381 e. The summed E-state index contributed by atoms with van der Waals surface area (Å²) in [5, 5.41) is 3.60. The van der Waals surface area contributed by atoms with Gasteiger partial charge in [0.2, 0.25) is 0 Å². The van der Waals surface area contributed by atoms with Crippen LogP contribution >= 0.6 is 0 Å². The van der Waals surface area contributed by atoms with Gasteiger partial charge in [-0.25, -0.2) is 0 Å². The van der Waals surface area contributed by atoms with Crippen LogP contribution in [-0.2, 0) is 9.47 Å². The lowest BCUT2D eigenvalue weighted by atomic mass is 10.0. The van der Waals surface area contributed by atoms with Gasteiger partial charge in [0.25, 0.3) is 0 Å². The molecular weight excluding hydrogens is 216 g/mol. The summed E-state index contributed by atoms with van der Waals surface area (Å²) >= 11 is 0. The Morgan fingerprint density at radius 3 is 2.59 bits per heavy atom. The van der Waals surface area contributed by atoms with Crippen LogP contribution in [0.1, 0.15) is 20.3 Å². The number of hydrogen-bond donors (Lipinski definition) is 1. The molecule has 2 heterocycles. The fourth-order valence-corrected chi connectivity index (χ4v) is 2.61. The zero-order valence-electron chi connectivity index (χ0n) is 11.2. The summed E-state index contributed by atoms with van der Waals surface area (Å²) in [4.78, 5) is 2.52. The van der Waals surface area contributed by atoms with E-state index in [0.717, 1.165) is 58.5 Å². The number of nitrogens with zero attached hydrogens (tertiary/aromatic N) is 1. The smallest absolute Gasteiger partial charge is 0.0594 e. The van der Waals surface area contributed by atoms with E-state index in [2.05, 4.69) is 24.1 Å². The average Bonchev–Trinajstić information content (AvgIpc) is 2.83. The third-order valence-electron chi connectivity index (χ3n) is 3.88. The lowest BCUT2D eigenvalue weighted by Gasteiger charge is -2.41. The first-order valence-corrected chi connectivity index (χ1v) is 6.80. The van der Waals surface area contributed by atoms with Gasteiger partial charge in [-0.2, -0.15) is 0 Å². The quantitative estimate of drug-likeness (QED) is 0.770. The van der Waals surface area contributed by atoms with E-state index in [-0.39, 0.29) is 5.54 Å². The van der Waals surface area contributed by atoms with E-state index in [0.29, 0.717) is 0 Å². The van der Waals surface area contributed by atoms with Gasteiger partial charge in [-0.15, -0.1) is 0 Å². The van der Waals surface area contributed by atoms with Crippen molar-refractivity contribution in [3.63, 3.8) is 0 Å². The molecule has 2 rings (SSSR count). The van der Waals surface area contributed by atoms with Crippen LogP contribution < -0.4 is 5.32 Å². The molecule has 0 radical (unpaired) electrons. The lowest BCUT2D eigenvalue weighted by molar-refractivity contribution is -0.00979. The highest BCUT2D eigenvalue weighted by atomic mass is 16.5. The molecule has 1 unspecified atom stereocenters. The third-order valence-corrected chi connectivity index (χ3v) is 3.88. The zero-order valence-corrected chi connectivity index (χ0v) is 11.2. The molecule has 4 nitrogen and oxygen atoms in total. The van der Waals surface area contributed by atoms with E-state index in [1.54, 1.807) is 0 Å². The Morgan fingerprint density at radius 2 is 1.94 bits per heavy atom. The Morgan fingerprint density at radius 1 is 1.18 bits per heavy atom. The van der Waals surface area contributed by atoms with E-state index < -0.39 is 0 Å². The molecule has 0 aromatic carbocycles. The van der Waals surface area contributed by atoms with Gasteiger partial charge < -0.3 is 14.8 Å². The Bertz CT molecular complexity index is 221. The molecule has 0 aromatic rings. The zero-order chi connectivity index (χ0) is 12.1. The molecule has 100 valence electrons. The molecule has 4 heteroatoms. The summed E-state index contributed by atoms with van der Waals surface area (Å²) in [6.07, 6.45) is 1.21. The topological polar surface area (TPSA) is 33.7 Å². The number of hydrogen-bond acceptors (Lipinski definition) is 4. The van der Waals surface area contributed by atoms with Crippen LogP contribution in [0.15, 0.2) is 0 Å². The lowest BCUT2D eigenvalue weighted by Crippen LogP contribution is -2.55. The van der Waals surface area contributed by atoms with Crippen molar-refractivity contribution in [3.05, 3.63) is 0 Å². The number of morpholine rings is 1. The summed E-state index contributed by atoms with van der Waals surface area (Å²) in [6, 6.07) is 0. The standard InChI is InChI=1S/C13H26N2O2/c1-13(2,15-4-7-16-8-5-15)11-14-9-12-3-6-17-10-12/h12,14H,3-11H2,1-2H3. The van der Waals surface area contributed by atoms with Gasteiger partial charge in [0.05, 0.1) is 19.8 Å². The fourth-order valence-electron chi connectivity index (χ4n) is 2.61. The SMILES string of the molecule is CC(C)(CNCC1CCOC1)N1CCOCC1. The molecule has 2 aliphatic heterocycles. The number of rotatable bonds is 5. The van der Waals surface area contributed by atoms with Crippen LogP contribution in [0.3, 0.4) is 0 Å². The number of ether oxygens (including phenoxy) is 2. The summed E-state index contributed by atoms with van der Waals surface area (Å²) in [5.74, 6) is 0.718. The van der Waals surface area contributed by atoms with Crippen LogP contribution in [0.25, 0.3) is 0 Å². The van der Waals surface area contributed by atoms with E-state index in [9.17, 15) is 0 Å². The fraction of sp³-hybridized carbons (Fsp3) is 1.00. The van der Waals surface area contributed by atoms with Gasteiger partial charge in [0, 0.05) is 38.3 Å². The Balaban J connectivity index is 1.68. The molecule has 1 N–H and O–H groups in total. The summed E-state index contributed by atoms with van der Waals surface area (Å²) in [5.41, 5.74) is 0.225. The maximum Gasteiger partial charge on any atom is 0.0594 e. The van der Waals surface area contributed by atoms with Crippen molar-refractivity contribution in [2.45, 2.75) is 25.8 Å². The highest BCUT2D eigenvalue weighted by molar-refractivity contribution is 4.85. The van der Waals surface area contributed by atoms with E-state index in [4.69, 9.17) is 9.47 Å². The molecule has 2 fully saturated rings. The molecule has 2 saturated heterocycles. The van der Waals surface area contributed by atoms with Gasteiger partial charge >= 0.3 is 0 Å². The molecule has 0 bridgehead atoms. The molecule has 0 saturated carbocycles. The van der Waals surface area contributed by atoms with Crippen LogP contribution in [0, 0.1) is 5.92 Å². The normalized spacial score (nSPS) is 27.5. The summed E-state index contributed by atoms with van der Waals surface area (Å²) in [7, 11) is 0. The van der Waals surface area contributed by atoms with Gasteiger partial charge in [-0.1, -0.05) is 0 Å². The van der Waals surface area contributed by atoms with Crippen molar-refractivity contribution in [1.82, 2.24) is 10.2 Å². The predicted octanol–water partition coefficient (Wildman–Crippen LogP) is 0.723. The van der Waals surface area contributed by atoms with Crippen molar-refractivity contribution in [2.75, 3.05) is 52.6 Å². The van der Waals surface area contributed by atoms with Gasteiger partial charge in [0.1, 0.15) is 0 Å². The van der Waals surface area contributed by atoms with Crippen LogP contribution in [0.4, 0.5) is 0 Å². The minimum absolute atomic E-state index is 0.225. The molecule has 0 aromatic heterocycles. The molecule has 0 amide bonds. The third kappa shape index (κ3) is 3.91. The maximum absolute atomic E-state index is 5.40. The van der Waals surface area contributed by atoms with E-state index in [1.807, 2.05) is 0 Å². The minimum Gasteiger partial charge on any atom is -0.381 e. The van der Waals surface area contributed by atoms with Crippen LogP contribution in [0.5, 0.6) is 0 Å². The predicted molar refractivity (Wildman–Crippen MR) is 68.3 cm³/mol. The summed E-state index contributed by atoms with van der Waals surface area (Å²) < 4.78 is 10.8. The second kappa shape index (κ2) is 6.14. The van der Waals surface area contributed by atoms with E-state index in [1.165, 1.54) is 6.42 Å². The highest BCUT2D eigenvalue weighted by Gasteiger charge is 2.28. The first-order valence-electron chi connectivity index (χ1n) is 6.80. The Hall–Kier alpha value is -0.160. The first kappa shape index (κ1) is 13.3. The maximum atomic E-state index is 5.40. The van der Waals surface area contributed by atoms with Crippen LogP contribution in [0.2, 0.25) is 0 Å². The molecule has 2 aliphatic rings. The molecule has 0 aliphatic carbocycles. The second-order valence-electron chi connectivity index (χ2n) is 5.77. The molecule has 1 atom stereocenters. The monoisotopic (exact) mass is 242 g/mol.